The van der Waals surface area contributed by atoms with Crippen molar-refractivity contribution in [1.29, 1.82) is 0 Å². The van der Waals surface area contributed by atoms with Crippen LogP contribution in [-0.2, 0) is 17.8 Å². The Kier molecular flexibility index (Phi) is 7.85. The molecule has 30 heavy (non-hydrogen) atoms. The van der Waals surface area contributed by atoms with Gasteiger partial charge >= 0.3 is 5.97 Å². The maximum Gasteiger partial charge on any atom is 0.330 e. The lowest BCUT2D eigenvalue weighted by Crippen LogP contribution is -2.37. The molecule has 1 aliphatic heterocycles. The van der Waals surface area contributed by atoms with E-state index in [2.05, 4.69) is 5.32 Å². The second-order valence-electron chi connectivity index (χ2n) is 6.74. The lowest BCUT2D eigenvalue weighted by atomic mass is 10.0. The van der Waals surface area contributed by atoms with Crippen LogP contribution in [0.2, 0.25) is 10.0 Å². The molecule has 0 spiro atoms. The van der Waals surface area contributed by atoms with Crippen molar-refractivity contribution in [3.05, 3.63) is 63.1 Å². The Bertz CT molecular complexity index is 949. The van der Waals surface area contributed by atoms with Gasteiger partial charge in [0.05, 0.1) is 17.7 Å². The van der Waals surface area contributed by atoms with Crippen LogP contribution < -0.4 is 10.1 Å². The number of halogens is 2. The average Bonchev–Trinajstić information content (AvgIpc) is 2.72. The number of hydrogen-bond donors (Lipinski definition) is 2. The average molecular weight is 486 g/mol. The predicted molar refractivity (Wildman–Crippen MR) is 124 cm³/mol. The summed E-state index contributed by atoms with van der Waals surface area (Å²) in [6.45, 7) is 0.217. The Morgan fingerprint density at radius 3 is 2.53 bits per heavy atom. The zero-order valence-corrected chi connectivity index (χ0v) is 19.4. The molecule has 2 aromatic rings. The topological polar surface area (TPSA) is 75.6 Å². The van der Waals surface area contributed by atoms with E-state index in [1.165, 1.54) is 29.6 Å². The van der Waals surface area contributed by atoms with Gasteiger partial charge in [0.25, 0.3) is 5.91 Å². The highest BCUT2D eigenvalue weighted by Gasteiger charge is 2.41. The predicted octanol–water partition coefficient (Wildman–Crippen LogP) is 5.13. The van der Waals surface area contributed by atoms with Gasteiger partial charge in [-0.1, -0.05) is 35.3 Å². The van der Waals surface area contributed by atoms with E-state index in [0.29, 0.717) is 22.8 Å². The highest BCUT2D eigenvalue weighted by molar-refractivity contribution is 8.19. The number of aliphatic carboxylic acids is 1. The van der Waals surface area contributed by atoms with Crippen LogP contribution in [0.25, 0.3) is 0 Å². The largest absolute Gasteiger partial charge is 0.496 e. The molecule has 1 amide bonds. The molecule has 0 radical (unpaired) electrons. The fourth-order valence-corrected chi connectivity index (χ4v) is 6.70. The van der Waals surface area contributed by atoms with Crippen molar-refractivity contribution in [1.82, 2.24) is 5.32 Å². The van der Waals surface area contributed by atoms with Crippen LogP contribution in [-0.4, -0.2) is 39.7 Å². The van der Waals surface area contributed by atoms with Gasteiger partial charge in [-0.25, -0.2) is 4.79 Å². The van der Waals surface area contributed by atoms with Crippen molar-refractivity contribution in [3.63, 3.8) is 0 Å². The van der Waals surface area contributed by atoms with E-state index in [9.17, 15) is 14.7 Å². The van der Waals surface area contributed by atoms with Gasteiger partial charge in [0.2, 0.25) is 0 Å². The molecule has 1 saturated heterocycles. The van der Waals surface area contributed by atoms with Gasteiger partial charge in [0.1, 0.15) is 5.75 Å². The Morgan fingerprint density at radius 1 is 1.17 bits per heavy atom. The first-order valence-corrected chi connectivity index (χ1v) is 12.0. The number of hydrogen-bond acceptors (Lipinski definition) is 5. The third-order valence-electron chi connectivity index (χ3n) is 4.68. The van der Waals surface area contributed by atoms with E-state index in [1.807, 2.05) is 12.1 Å². The van der Waals surface area contributed by atoms with E-state index in [-0.39, 0.29) is 17.5 Å². The molecule has 1 heterocycles. The number of carboxylic acid groups (broad SMARTS) is 1. The molecule has 0 aliphatic carbocycles. The minimum atomic E-state index is -0.885. The van der Waals surface area contributed by atoms with E-state index in [4.69, 9.17) is 27.9 Å². The van der Waals surface area contributed by atoms with Gasteiger partial charge in [-0.15, -0.1) is 23.5 Å². The van der Waals surface area contributed by atoms with Crippen LogP contribution in [0.5, 0.6) is 5.75 Å². The van der Waals surface area contributed by atoms with E-state index < -0.39 is 10.0 Å². The van der Waals surface area contributed by atoms with Crippen LogP contribution in [0.4, 0.5) is 0 Å². The van der Waals surface area contributed by atoms with Crippen molar-refractivity contribution in [2.45, 2.75) is 23.5 Å². The minimum absolute atomic E-state index is 0.217. The summed E-state index contributed by atoms with van der Waals surface area (Å²) in [5.41, 5.74) is 1.98. The first kappa shape index (κ1) is 23.1. The highest BCUT2D eigenvalue weighted by atomic mass is 35.5. The quantitative estimate of drug-likeness (QED) is 0.566. The van der Waals surface area contributed by atoms with Crippen molar-refractivity contribution in [2.24, 2.45) is 0 Å². The molecule has 2 N–H and O–H groups in total. The van der Waals surface area contributed by atoms with E-state index >= 15 is 0 Å². The number of carboxylic acids is 1. The number of ether oxygens (including phenoxy) is 1. The minimum Gasteiger partial charge on any atom is -0.496 e. The van der Waals surface area contributed by atoms with Gasteiger partial charge in [-0.3, -0.25) is 4.79 Å². The normalized spacial score (nSPS) is 15.4. The smallest absolute Gasteiger partial charge is 0.330 e. The maximum atomic E-state index is 12.5. The Balaban J connectivity index is 1.77. The Labute approximate surface area is 193 Å². The van der Waals surface area contributed by atoms with Crippen LogP contribution >= 0.6 is 46.7 Å². The molecule has 160 valence electrons. The molecule has 5 nitrogen and oxygen atoms in total. The summed E-state index contributed by atoms with van der Waals surface area (Å²) in [5, 5.41) is 13.4. The second kappa shape index (κ2) is 10.2. The van der Waals surface area contributed by atoms with Crippen molar-refractivity contribution < 1.29 is 19.4 Å². The van der Waals surface area contributed by atoms with Crippen LogP contribution in [0.1, 0.15) is 27.9 Å². The SMILES string of the molecule is COc1ccc(CC2(C(=O)O)SCCCS2)cc1CNC(=O)c1ccc(Cl)cc1Cl. The molecule has 2 aromatic carbocycles. The zero-order chi connectivity index (χ0) is 21.7. The fraction of sp³-hybridized carbons (Fsp3) is 0.333. The summed E-state index contributed by atoms with van der Waals surface area (Å²) in [5.74, 6) is 1.15. The third kappa shape index (κ3) is 5.38. The lowest BCUT2D eigenvalue weighted by molar-refractivity contribution is -0.137. The summed E-state index contributed by atoms with van der Waals surface area (Å²) in [4.78, 5) is 24.5. The molecule has 1 aliphatic rings. The van der Waals surface area contributed by atoms with Gasteiger partial charge in [0, 0.05) is 23.6 Å². The molecule has 3 rings (SSSR count). The van der Waals surface area contributed by atoms with E-state index in [0.717, 1.165) is 29.1 Å². The summed E-state index contributed by atoms with van der Waals surface area (Å²) in [6, 6.07) is 10.3. The monoisotopic (exact) mass is 485 g/mol. The Morgan fingerprint density at radius 2 is 1.90 bits per heavy atom. The number of carbonyl (C=O) groups excluding carboxylic acids is 1. The molecule has 0 bridgehead atoms. The molecule has 0 atom stereocenters. The molecule has 9 heteroatoms. The molecular weight excluding hydrogens is 465 g/mol. The number of benzene rings is 2. The molecule has 0 saturated carbocycles. The number of thioether (sulfide) groups is 2. The van der Waals surface area contributed by atoms with E-state index in [1.54, 1.807) is 25.3 Å². The molecule has 0 unspecified atom stereocenters. The number of amides is 1. The number of nitrogens with one attached hydrogen (secondary N) is 1. The maximum absolute atomic E-state index is 12.5. The summed E-state index contributed by atoms with van der Waals surface area (Å²) >= 11 is 15.0. The second-order valence-corrected chi connectivity index (χ2v) is 10.6. The first-order chi connectivity index (χ1) is 14.3. The van der Waals surface area contributed by atoms with Crippen LogP contribution in [0, 0.1) is 0 Å². The third-order valence-corrected chi connectivity index (χ3v) is 8.49. The summed E-state index contributed by atoms with van der Waals surface area (Å²) < 4.78 is 4.53. The van der Waals surface area contributed by atoms with Crippen molar-refractivity contribution in [2.75, 3.05) is 18.6 Å². The molecule has 0 aromatic heterocycles. The summed E-state index contributed by atoms with van der Waals surface area (Å²) in [7, 11) is 1.56. The molecular formula is C21H21Cl2NO4S2. The van der Waals surface area contributed by atoms with Crippen LogP contribution in [0.3, 0.4) is 0 Å². The highest BCUT2D eigenvalue weighted by Crippen LogP contribution is 2.45. The fourth-order valence-electron chi connectivity index (χ4n) is 3.17. The molecule has 1 fully saturated rings. The number of carbonyl (C=O) groups is 2. The Hall–Kier alpha value is -1.54. The van der Waals surface area contributed by atoms with Gasteiger partial charge in [-0.05, 0) is 47.8 Å². The van der Waals surface area contributed by atoms with Gasteiger partial charge in [-0.2, -0.15) is 0 Å². The number of methoxy groups -OCH3 is 1. The zero-order valence-electron chi connectivity index (χ0n) is 16.2. The summed E-state index contributed by atoms with van der Waals surface area (Å²) in [6.07, 6.45) is 1.41. The standard InChI is InChI=1S/C21H21Cl2NO4S2/c1-28-18-6-3-13(11-21(20(26)27)29-7-2-8-30-21)9-14(18)12-24-19(25)16-5-4-15(22)10-17(16)23/h3-6,9-10H,2,7-8,11-12H2,1H3,(H,24,25)(H,26,27). The lowest BCUT2D eigenvalue weighted by Gasteiger charge is -2.32. The van der Waals surface area contributed by atoms with Crippen molar-refractivity contribution in [3.8, 4) is 5.75 Å². The van der Waals surface area contributed by atoms with Crippen molar-refractivity contribution >= 4 is 58.6 Å². The van der Waals surface area contributed by atoms with Gasteiger partial charge < -0.3 is 15.2 Å². The number of rotatable bonds is 7. The van der Waals surface area contributed by atoms with Crippen LogP contribution in [0.15, 0.2) is 36.4 Å². The van der Waals surface area contributed by atoms with Gasteiger partial charge in [0.15, 0.2) is 4.08 Å². The first-order valence-electron chi connectivity index (χ1n) is 9.25.